The van der Waals surface area contributed by atoms with Gasteiger partial charge in [-0.05, 0) is 54.8 Å². The second-order valence-corrected chi connectivity index (χ2v) is 7.60. The number of hydrogen-bond donors (Lipinski definition) is 0. The molecular formula is C26H23ClN2O4. The van der Waals surface area contributed by atoms with Gasteiger partial charge in [0.2, 0.25) is 0 Å². The van der Waals surface area contributed by atoms with Crippen molar-refractivity contribution in [2.24, 2.45) is 0 Å². The molecule has 6 nitrogen and oxygen atoms in total. The number of imide groups is 1. The summed E-state index contributed by atoms with van der Waals surface area (Å²) >= 11 is 6.23. The van der Waals surface area contributed by atoms with Gasteiger partial charge < -0.3 is 9.47 Å². The van der Waals surface area contributed by atoms with Crippen molar-refractivity contribution in [3.63, 3.8) is 0 Å². The van der Waals surface area contributed by atoms with Crippen LogP contribution < -0.4 is 9.47 Å². The van der Waals surface area contributed by atoms with Gasteiger partial charge in [-0.25, -0.2) is 0 Å². The number of carbonyl (C=O) groups excluding carboxylic acids is 2. The number of halogens is 1. The smallest absolute Gasteiger partial charge is 0.271 e. The molecular weight excluding hydrogens is 440 g/mol. The average Bonchev–Trinajstić information content (AvgIpc) is 2.80. The van der Waals surface area contributed by atoms with E-state index in [9.17, 15) is 14.9 Å². The van der Waals surface area contributed by atoms with Gasteiger partial charge in [0.15, 0.2) is 11.5 Å². The molecule has 0 unspecified atom stereocenters. The Kier molecular flexibility index (Phi) is 7.70. The SMILES string of the molecule is C=CCOc1ccc(/C=C2/C(=O)N(Cc3ccccc3Cl)C(=O)C(C#N)=C2C)cc1OCC. The van der Waals surface area contributed by atoms with Crippen molar-refractivity contribution in [1.29, 1.82) is 5.26 Å². The number of nitrogens with zero attached hydrogens (tertiary/aromatic N) is 2. The molecule has 0 aromatic heterocycles. The first-order valence-corrected chi connectivity index (χ1v) is 10.7. The van der Waals surface area contributed by atoms with Crippen LogP contribution in [0.4, 0.5) is 0 Å². The summed E-state index contributed by atoms with van der Waals surface area (Å²) in [6.07, 6.45) is 3.27. The zero-order valence-corrected chi connectivity index (χ0v) is 19.2. The molecule has 0 spiro atoms. The van der Waals surface area contributed by atoms with Crippen molar-refractivity contribution in [2.75, 3.05) is 13.2 Å². The Morgan fingerprint density at radius 2 is 1.88 bits per heavy atom. The summed E-state index contributed by atoms with van der Waals surface area (Å²) in [5.74, 6) is -0.0703. The average molecular weight is 463 g/mol. The van der Waals surface area contributed by atoms with E-state index in [2.05, 4.69) is 6.58 Å². The van der Waals surface area contributed by atoms with Gasteiger partial charge >= 0.3 is 0 Å². The molecule has 0 atom stereocenters. The first-order valence-electron chi connectivity index (χ1n) is 10.3. The third-order valence-corrected chi connectivity index (χ3v) is 5.42. The van der Waals surface area contributed by atoms with E-state index < -0.39 is 11.8 Å². The predicted octanol–water partition coefficient (Wildman–Crippen LogP) is 5.10. The summed E-state index contributed by atoms with van der Waals surface area (Å²) in [5, 5.41) is 10.0. The summed E-state index contributed by atoms with van der Waals surface area (Å²) in [5.41, 5.74) is 1.77. The fourth-order valence-electron chi connectivity index (χ4n) is 3.39. The Morgan fingerprint density at radius 3 is 2.55 bits per heavy atom. The van der Waals surface area contributed by atoms with E-state index in [1.54, 1.807) is 61.5 Å². The van der Waals surface area contributed by atoms with E-state index in [1.165, 1.54) is 0 Å². The zero-order chi connectivity index (χ0) is 24.0. The number of rotatable bonds is 8. The highest BCUT2D eigenvalue weighted by atomic mass is 35.5. The molecule has 0 fully saturated rings. The number of ether oxygens (including phenoxy) is 2. The largest absolute Gasteiger partial charge is 0.490 e. The van der Waals surface area contributed by atoms with Crippen LogP contribution in [0.5, 0.6) is 11.5 Å². The minimum atomic E-state index is -0.639. The zero-order valence-electron chi connectivity index (χ0n) is 18.4. The summed E-state index contributed by atoms with van der Waals surface area (Å²) in [4.78, 5) is 27.3. The maximum Gasteiger partial charge on any atom is 0.271 e. The molecule has 2 aromatic carbocycles. The van der Waals surface area contributed by atoms with Crippen molar-refractivity contribution in [1.82, 2.24) is 4.90 Å². The number of benzene rings is 2. The minimum absolute atomic E-state index is 0.0360. The van der Waals surface area contributed by atoms with E-state index >= 15 is 0 Å². The molecule has 0 bridgehead atoms. The second-order valence-electron chi connectivity index (χ2n) is 7.20. The van der Waals surface area contributed by atoms with E-state index in [-0.39, 0.29) is 17.7 Å². The van der Waals surface area contributed by atoms with Crippen molar-refractivity contribution < 1.29 is 19.1 Å². The lowest BCUT2D eigenvalue weighted by molar-refractivity contribution is -0.141. The molecule has 1 aliphatic rings. The second kappa shape index (κ2) is 10.7. The highest BCUT2D eigenvalue weighted by molar-refractivity contribution is 6.31. The molecule has 1 heterocycles. The Morgan fingerprint density at radius 1 is 1.12 bits per heavy atom. The lowest BCUT2D eigenvalue weighted by Gasteiger charge is -2.27. The summed E-state index contributed by atoms with van der Waals surface area (Å²) in [6, 6.07) is 14.2. The Balaban J connectivity index is 2.04. The van der Waals surface area contributed by atoms with Crippen LogP contribution in [0.1, 0.15) is 25.0 Å². The lowest BCUT2D eigenvalue weighted by Crippen LogP contribution is -2.42. The van der Waals surface area contributed by atoms with E-state index in [0.29, 0.717) is 46.4 Å². The third kappa shape index (κ3) is 5.16. The van der Waals surface area contributed by atoms with Crippen LogP contribution in [0.15, 0.2) is 71.8 Å². The number of nitriles is 1. The molecule has 1 aliphatic heterocycles. The Labute approximate surface area is 198 Å². The molecule has 0 saturated heterocycles. The molecule has 7 heteroatoms. The molecule has 0 aliphatic carbocycles. The van der Waals surface area contributed by atoms with Crippen LogP contribution >= 0.6 is 11.6 Å². The molecule has 0 radical (unpaired) electrons. The van der Waals surface area contributed by atoms with Crippen LogP contribution in [-0.4, -0.2) is 29.9 Å². The predicted molar refractivity (Wildman–Crippen MR) is 127 cm³/mol. The summed E-state index contributed by atoms with van der Waals surface area (Å²) in [7, 11) is 0. The van der Waals surface area contributed by atoms with E-state index in [4.69, 9.17) is 21.1 Å². The first-order chi connectivity index (χ1) is 15.9. The maximum atomic E-state index is 13.3. The van der Waals surface area contributed by atoms with Gasteiger partial charge in [0.1, 0.15) is 18.2 Å². The van der Waals surface area contributed by atoms with Crippen LogP contribution in [-0.2, 0) is 16.1 Å². The number of amides is 2. The summed E-state index contributed by atoms with van der Waals surface area (Å²) < 4.78 is 11.3. The van der Waals surface area contributed by atoms with Gasteiger partial charge in [0.05, 0.1) is 13.2 Å². The quantitative estimate of drug-likeness (QED) is 0.310. The summed E-state index contributed by atoms with van der Waals surface area (Å²) in [6.45, 7) is 7.82. The van der Waals surface area contributed by atoms with E-state index in [1.807, 2.05) is 13.0 Å². The molecule has 33 heavy (non-hydrogen) atoms. The first kappa shape index (κ1) is 23.8. The monoisotopic (exact) mass is 462 g/mol. The molecule has 0 saturated carbocycles. The highest BCUT2D eigenvalue weighted by Crippen LogP contribution is 2.33. The van der Waals surface area contributed by atoms with Gasteiger partial charge in [-0.3, -0.25) is 14.5 Å². The van der Waals surface area contributed by atoms with Gasteiger partial charge in [-0.2, -0.15) is 5.26 Å². The molecule has 3 rings (SSSR count). The van der Waals surface area contributed by atoms with Crippen LogP contribution in [0.2, 0.25) is 5.02 Å². The van der Waals surface area contributed by atoms with Crippen LogP contribution in [0, 0.1) is 11.3 Å². The van der Waals surface area contributed by atoms with Crippen molar-refractivity contribution in [3.8, 4) is 17.6 Å². The number of carbonyl (C=O) groups is 2. The van der Waals surface area contributed by atoms with Crippen LogP contribution in [0.3, 0.4) is 0 Å². The van der Waals surface area contributed by atoms with Crippen LogP contribution in [0.25, 0.3) is 6.08 Å². The number of hydrogen-bond acceptors (Lipinski definition) is 5. The maximum absolute atomic E-state index is 13.3. The Hall–Kier alpha value is -3.82. The van der Waals surface area contributed by atoms with Gasteiger partial charge in [-0.1, -0.05) is 48.5 Å². The highest BCUT2D eigenvalue weighted by Gasteiger charge is 2.35. The standard InChI is InChI=1S/C26H23ClN2O4/c1-4-12-33-23-11-10-18(14-24(23)32-5-2)13-20-17(3)21(15-28)26(31)29(25(20)30)16-19-8-6-7-9-22(19)27/h4,6-11,13-14H,1,5,12,16H2,2-3H3/b20-13+. The molecule has 0 N–H and O–H groups in total. The van der Waals surface area contributed by atoms with Gasteiger partial charge in [-0.15, -0.1) is 0 Å². The van der Waals surface area contributed by atoms with E-state index in [0.717, 1.165) is 4.90 Å². The fraction of sp³-hybridized carbons (Fsp3) is 0.192. The van der Waals surface area contributed by atoms with Crippen molar-refractivity contribution in [3.05, 3.63) is 88.0 Å². The normalized spacial score (nSPS) is 15.0. The fourth-order valence-corrected chi connectivity index (χ4v) is 3.58. The van der Waals surface area contributed by atoms with Crippen molar-refractivity contribution >= 4 is 29.5 Å². The molecule has 2 aromatic rings. The van der Waals surface area contributed by atoms with Crippen molar-refractivity contribution in [2.45, 2.75) is 20.4 Å². The van der Waals surface area contributed by atoms with Gasteiger partial charge in [0.25, 0.3) is 11.8 Å². The lowest BCUT2D eigenvalue weighted by atomic mass is 9.93. The topological polar surface area (TPSA) is 79.6 Å². The molecule has 2 amide bonds. The third-order valence-electron chi connectivity index (χ3n) is 5.05. The van der Waals surface area contributed by atoms with Gasteiger partial charge in [0, 0.05) is 10.6 Å². The minimum Gasteiger partial charge on any atom is -0.490 e. The Bertz CT molecular complexity index is 1210. The molecule has 168 valence electrons.